The summed E-state index contributed by atoms with van der Waals surface area (Å²) in [5.41, 5.74) is 3.14. The Bertz CT molecular complexity index is 878. The number of nitrogens with zero attached hydrogens (tertiary/aromatic N) is 1. The molecule has 0 aromatic heterocycles. The number of nitrogens with one attached hydrogen (secondary N) is 1. The smallest absolute Gasteiger partial charge is 0.317 e. The largest absolute Gasteiger partial charge is 0.508 e. The molecule has 3 rings (SSSR count). The number of phenols is 1. The number of amides is 2. The molecule has 5 heteroatoms. The van der Waals surface area contributed by atoms with Crippen molar-refractivity contribution in [2.75, 3.05) is 20.2 Å². The molecule has 0 aliphatic heterocycles. The van der Waals surface area contributed by atoms with Crippen LogP contribution in [0, 0.1) is 0 Å². The van der Waals surface area contributed by atoms with Crippen molar-refractivity contribution in [3.8, 4) is 22.6 Å². The molecule has 2 N–H and O–H groups in total. The molecular formula is C23H24N2O3. The zero-order valence-corrected chi connectivity index (χ0v) is 15.8. The maximum absolute atomic E-state index is 12.1. The van der Waals surface area contributed by atoms with Crippen molar-refractivity contribution in [2.24, 2.45) is 0 Å². The summed E-state index contributed by atoms with van der Waals surface area (Å²) in [6.07, 6.45) is 0. The molecule has 0 aliphatic rings. The third-order valence-corrected chi connectivity index (χ3v) is 4.40. The van der Waals surface area contributed by atoms with E-state index in [1.807, 2.05) is 66.7 Å². The molecule has 0 aliphatic carbocycles. The molecule has 0 radical (unpaired) electrons. The Kier molecular flexibility index (Phi) is 6.52. The number of urea groups is 1. The number of hydrogen-bond acceptors (Lipinski definition) is 3. The van der Waals surface area contributed by atoms with E-state index in [9.17, 15) is 9.90 Å². The molecule has 0 spiro atoms. The molecule has 3 aromatic carbocycles. The summed E-state index contributed by atoms with van der Waals surface area (Å²) >= 11 is 0. The molecule has 28 heavy (non-hydrogen) atoms. The van der Waals surface area contributed by atoms with Gasteiger partial charge in [-0.25, -0.2) is 4.79 Å². The minimum atomic E-state index is -0.130. The minimum Gasteiger partial charge on any atom is -0.508 e. The van der Waals surface area contributed by atoms with Crippen molar-refractivity contribution >= 4 is 6.03 Å². The van der Waals surface area contributed by atoms with Gasteiger partial charge in [0, 0.05) is 13.6 Å². The second-order valence-electron chi connectivity index (χ2n) is 6.38. The Balaban J connectivity index is 1.56. The Hall–Kier alpha value is -3.47. The normalized spacial score (nSPS) is 10.3. The zero-order chi connectivity index (χ0) is 19.8. The van der Waals surface area contributed by atoms with Crippen molar-refractivity contribution in [1.82, 2.24) is 10.2 Å². The van der Waals surface area contributed by atoms with Crippen LogP contribution in [0.15, 0.2) is 78.9 Å². The standard InChI is InChI=1S/C23H24N2O3/c1-24-23(27)25(17-18-5-3-2-4-6-18)15-16-28-22-13-9-20(10-14-22)19-7-11-21(26)12-8-19/h2-14,26H,15-17H2,1H3,(H,24,27). The summed E-state index contributed by atoms with van der Waals surface area (Å²) < 4.78 is 5.82. The van der Waals surface area contributed by atoms with Crippen molar-refractivity contribution in [1.29, 1.82) is 0 Å². The van der Waals surface area contributed by atoms with E-state index in [0.29, 0.717) is 19.7 Å². The summed E-state index contributed by atoms with van der Waals surface area (Å²) in [6, 6.07) is 24.6. The van der Waals surface area contributed by atoms with Crippen LogP contribution in [0.3, 0.4) is 0 Å². The van der Waals surface area contributed by atoms with Crippen LogP contribution in [0.4, 0.5) is 4.79 Å². The minimum absolute atomic E-state index is 0.130. The topological polar surface area (TPSA) is 61.8 Å². The van der Waals surface area contributed by atoms with Gasteiger partial charge in [-0.3, -0.25) is 0 Å². The molecule has 0 saturated carbocycles. The van der Waals surface area contributed by atoms with E-state index in [4.69, 9.17) is 4.74 Å². The predicted molar refractivity (Wildman–Crippen MR) is 110 cm³/mol. The highest BCUT2D eigenvalue weighted by Gasteiger charge is 2.12. The van der Waals surface area contributed by atoms with E-state index in [2.05, 4.69) is 5.32 Å². The fourth-order valence-corrected chi connectivity index (χ4v) is 2.89. The summed E-state index contributed by atoms with van der Waals surface area (Å²) in [6.45, 7) is 1.41. The maximum atomic E-state index is 12.1. The van der Waals surface area contributed by atoms with E-state index in [1.165, 1.54) is 0 Å². The fraction of sp³-hybridized carbons (Fsp3) is 0.174. The van der Waals surface area contributed by atoms with Crippen molar-refractivity contribution in [2.45, 2.75) is 6.54 Å². The second-order valence-corrected chi connectivity index (χ2v) is 6.38. The van der Waals surface area contributed by atoms with Crippen LogP contribution in [0.2, 0.25) is 0 Å². The van der Waals surface area contributed by atoms with Gasteiger partial charge in [0.15, 0.2) is 0 Å². The number of benzene rings is 3. The van der Waals surface area contributed by atoms with Crippen LogP contribution in [0.25, 0.3) is 11.1 Å². The van der Waals surface area contributed by atoms with Gasteiger partial charge in [0.05, 0.1) is 6.54 Å². The van der Waals surface area contributed by atoms with Gasteiger partial charge in [0.2, 0.25) is 0 Å². The Labute approximate surface area is 165 Å². The van der Waals surface area contributed by atoms with Gasteiger partial charge in [0.25, 0.3) is 0 Å². The van der Waals surface area contributed by atoms with Crippen LogP contribution in [-0.4, -0.2) is 36.2 Å². The second kappa shape index (κ2) is 9.46. The lowest BCUT2D eigenvalue weighted by Crippen LogP contribution is -2.40. The monoisotopic (exact) mass is 376 g/mol. The number of rotatable bonds is 7. The first-order valence-electron chi connectivity index (χ1n) is 9.18. The van der Waals surface area contributed by atoms with Gasteiger partial charge >= 0.3 is 6.03 Å². The predicted octanol–water partition coefficient (Wildman–Crippen LogP) is 4.28. The van der Waals surface area contributed by atoms with E-state index < -0.39 is 0 Å². The molecular weight excluding hydrogens is 352 g/mol. The molecule has 0 bridgehead atoms. The van der Waals surface area contributed by atoms with E-state index >= 15 is 0 Å². The van der Waals surface area contributed by atoms with Crippen LogP contribution in [0.1, 0.15) is 5.56 Å². The van der Waals surface area contributed by atoms with Gasteiger partial charge in [-0.05, 0) is 41.0 Å². The fourth-order valence-electron chi connectivity index (χ4n) is 2.89. The number of phenolic OH excluding ortho intramolecular Hbond substituents is 1. The first-order chi connectivity index (χ1) is 13.7. The number of carbonyl (C=O) groups is 1. The van der Waals surface area contributed by atoms with E-state index in [1.54, 1.807) is 24.1 Å². The molecule has 0 fully saturated rings. The SMILES string of the molecule is CNC(=O)N(CCOc1ccc(-c2ccc(O)cc2)cc1)Cc1ccccc1. The molecule has 0 heterocycles. The first-order valence-corrected chi connectivity index (χ1v) is 9.18. The molecule has 5 nitrogen and oxygen atoms in total. The third-order valence-electron chi connectivity index (χ3n) is 4.40. The highest BCUT2D eigenvalue weighted by Crippen LogP contribution is 2.24. The van der Waals surface area contributed by atoms with Gasteiger partial charge < -0.3 is 20.1 Å². The molecule has 2 amide bonds. The van der Waals surface area contributed by atoms with Crippen LogP contribution >= 0.6 is 0 Å². The Morgan fingerprint density at radius 3 is 2.14 bits per heavy atom. The molecule has 0 unspecified atom stereocenters. The Morgan fingerprint density at radius 1 is 0.929 bits per heavy atom. The van der Waals surface area contributed by atoms with Gasteiger partial charge in [-0.2, -0.15) is 0 Å². The van der Waals surface area contributed by atoms with Gasteiger partial charge in [0.1, 0.15) is 18.1 Å². The van der Waals surface area contributed by atoms with Crippen LogP contribution in [0.5, 0.6) is 11.5 Å². The van der Waals surface area contributed by atoms with Crippen LogP contribution < -0.4 is 10.1 Å². The number of ether oxygens (including phenoxy) is 1. The lowest BCUT2D eigenvalue weighted by molar-refractivity contribution is 0.181. The molecule has 0 atom stereocenters. The van der Waals surface area contributed by atoms with Crippen molar-refractivity contribution < 1.29 is 14.6 Å². The third kappa shape index (κ3) is 5.27. The zero-order valence-electron chi connectivity index (χ0n) is 15.8. The summed E-state index contributed by atoms with van der Waals surface area (Å²) in [5, 5.41) is 12.1. The molecule has 3 aromatic rings. The van der Waals surface area contributed by atoms with Gasteiger partial charge in [-0.1, -0.05) is 54.6 Å². The summed E-state index contributed by atoms with van der Waals surface area (Å²) in [4.78, 5) is 13.8. The highest BCUT2D eigenvalue weighted by atomic mass is 16.5. The average molecular weight is 376 g/mol. The van der Waals surface area contributed by atoms with Gasteiger partial charge in [-0.15, -0.1) is 0 Å². The lowest BCUT2D eigenvalue weighted by atomic mass is 10.1. The van der Waals surface area contributed by atoms with E-state index in [0.717, 1.165) is 22.4 Å². The molecule has 0 saturated heterocycles. The Morgan fingerprint density at radius 2 is 1.54 bits per heavy atom. The number of hydrogen-bond donors (Lipinski definition) is 2. The number of aromatic hydroxyl groups is 1. The van der Waals surface area contributed by atoms with Crippen LogP contribution in [-0.2, 0) is 6.54 Å². The first kappa shape index (κ1) is 19.3. The highest BCUT2D eigenvalue weighted by molar-refractivity contribution is 5.73. The van der Waals surface area contributed by atoms with E-state index in [-0.39, 0.29) is 11.8 Å². The quantitative estimate of drug-likeness (QED) is 0.647. The summed E-state index contributed by atoms with van der Waals surface area (Å²) in [7, 11) is 1.63. The lowest BCUT2D eigenvalue weighted by Gasteiger charge is -2.22. The van der Waals surface area contributed by atoms with Crippen molar-refractivity contribution in [3.63, 3.8) is 0 Å². The number of carbonyl (C=O) groups excluding carboxylic acids is 1. The summed E-state index contributed by atoms with van der Waals surface area (Å²) in [5.74, 6) is 0.999. The van der Waals surface area contributed by atoms with Crippen molar-refractivity contribution in [3.05, 3.63) is 84.4 Å². The molecule has 144 valence electrons. The maximum Gasteiger partial charge on any atom is 0.317 e. The average Bonchev–Trinajstić information content (AvgIpc) is 2.74.